The fourth-order valence-electron chi connectivity index (χ4n) is 1.58. The Labute approximate surface area is 150 Å². The van der Waals surface area contributed by atoms with Crippen LogP contribution in [-0.4, -0.2) is 21.4 Å². The highest BCUT2D eigenvalue weighted by Crippen LogP contribution is 2.36. The van der Waals surface area contributed by atoms with E-state index in [1.807, 2.05) is 0 Å². The van der Waals surface area contributed by atoms with Crippen molar-refractivity contribution in [1.29, 1.82) is 0 Å². The molecule has 0 radical (unpaired) electrons. The molecule has 6 nitrogen and oxygen atoms in total. The second kappa shape index (κ2) is 6.76. The van der Waals surface area contributed by atoms with Crippen molar-refractivity contribution in [2.45, 2.75) is 0 Å². The number of aliphatic imine (C=N–C) groups is 1. The molecule has 0 atom stereocenters. The van der Waals surface area contributed by atoms with Crippen LogP contribution in [-0.2, 0) is 0 Å². The molecule has 114 valence electrons. The van der Waals surface area contributed by atoms with Crippen molar-refractivity contribution >= 4 is 65.4 Å². The van der Waals surface area contributed by atoms with Gasteiger partial charge in [0.1, 0.15) is 11.5 Å². The van der Waals surface area contributed by atoms with Gasteiger partial charge in [-0.15, -0.1) is 0 Å². The first-order chi connectivity index (χ1) is 10.3. The van der Waals surface area contributed by atoms with Gasteiger partial charge in [0.25, 0.3) is 5.69 Å². The highest BCUT2D eigenvalue weighted by molar-refractivity contribution is 9.11. The molecule has 0 unspecified atom stereocenters. The van der Waals surface area contributed by atoms with E-state index in [4.69, 9.17) is 0 Å². The average Bonchev–Trinajstić information content (AvgIpc) is 2.45. The maximum Gasteiger partial charge on any atom is 0.271 e. The molecule has 0 bridgehead atoms. The maximum atomic E-state index is 10.8. The van der Waals surface area contributed by atoms with Gasteiger partial charge in [0.2, 0.25) is 0 Å². The Kier molecular flexibility index (Phi) is 5.20. The maximum absolute atomic E-state index is 10.8. The van der Waals surface area contributed by atoms with E-state index < -0.39 is 4.92 Å². The fourth-order valence-corrected chi connectivity index (χ4v) is 3.21. The minimum absolute atomic E-state index is 0.0416. The predicted molar refractivity (Wildman–Crippen MR) is 93.2 cm³/mol. The van der Waals surface area contributed by atoms with Crippen molar-refractivity contribution in [3.05, 3.63) is 53.4 Å². The van der Waals surface area contributed by atoms with Crippen LogP contribution in [0.1, 0.15) is 5.56 Å². The van der Waals surface area contributed by atoms with Crippen molar-refractivity contribution in [1.82, 2.24) is 0 Å². The predicted octanol–water partition coefficient (Wildman–Crippen LogP) is 5.04. The van der Waals surface area contributed by atoms with Gasteiger partial charge < -0.3 is 10.2 Å². The number of non-ortho nitro benzene ring substituents is 1. The van der Waals surface area contributed by atoms with Crippen molar-refractivity contribution < 1.29 is 15.1 Å². The van der Waals surface area contributed by atoms with E-state index in [2.05, 4.69) is 52.8 Å². The number of halogens is 3. The van der Waals surface area contributed by atoms with Gasteiger partial charge in [-0.1, -0.05) is 0 Å². The van der Waals surface area contributed by atoms with Crippen LogP contribution < -0.4 is 0 Å². The molecule has 2 aromatic rings. The summed E-state index contributed by atoms with van der Waals surface area (Å²) < 4.78 is 1.09. The molecule has 0 saturated carbocycles. The molecule has 2 N–H and O–H groups in total. The number of aromatic hydroxyl groups is 2. The van der Waals surface area contributed by atoms with Crippen LogP contribution in [0.5, 0.6) is 11.5 Å². The van der Waals surface area contributed by atoms with Crippen molar-refractivity contribution in [3.8, 4) is 11.5 Å². The quantitative estimate of drug-likeness (QED) is 0.355. The Balaban J connectivity index is 2.44. The largest absolute Gasteiger partial charge is 0.506 e. The number of hydrogen-bond donors (Lipinski definition) is 2. The van der Waals surface area contributed by atoms with Gasteiger partial charge in [-0.2, -0.15) is 0 Å². The first kappa shape index (κ1) is 16.9. The Morgan fingerprint density at radius 1 is 1.00 bits per heavy atom. The number of phenolic OH excluding ortho intramolecular Hbond substituents is 2. The van der Waals surface area contributed by atoms with Gasteiger partial charge in [0.05, 0.1) is 24.0 Å². The Hall–Kier alpha value is -1.45. The lowest BCUT2D eigenvalue weighted by Gasteiger charge is -2.04. The molecule has 0 aliphatic carbocycles. The topological polar surface area (TPSA) is 96.0 Å². The molecule has 0 aliphatic rings. The van der Waals surface area contributed by atoms with Crippen LogP contribution in [0.4, 0.5) is 11.4 Å². The zero-order valence-electron chi connectivity index (χ0n) is 10.6. The molecule has 2 rings (SSSR count). The third-order valence-corrected chi connectivity index (χ3v) is 4.46. The summed E-state index contributed by atoms with van der Waals surface area (Å²) in [5.41, 5.74) is 0.513. The number of nitrogens with zero attached hydrogens (tertiary/aromatic N) is 2. The van der Waals surface area contributed by atoms with E-state index >= 15 is 0 Å². The molecule has 9 heteroatoms. The molecular weight excluding hydrogens is 488 g/mol. The first-order valence-corrected chi connectivity index (χ1v) is 8.06. The second-order valence-corrected chi connectivity index (χ2v) is 6.70. The molecule has 0 aromatic heterocycles. The van der Waals surface area contributed by atoms with Crippen molar-refractivity contribution in [3.63, 3.8) is 0 Å². The Bertz CT molecular complexity index is 770. The van der Waals surface area contributed by atoms with E-state index in [0.29, 0.717) is 14.6 Å². The molecule has 22 heavy (non-hydrogen) atoms. The van der Waals surface area contributed by atoms with Crippen LogP contribution in [0.3, 0.4) is 0 Å². The summed E-state index contributed by atoms with van der Waals surface area (Å²) >= 11 is 9.42. The van der Waals surface area contributed by atoms with Crippen LogP contribution in [0.2, 0.25) is 0 Å². The van der Waals surface area contributed by atoms with E-state index in [9.17, 15) is 20.3 Å². The van der Waals surface area contributed by atoms with E-state index in [0.717, 1.165) is 0 Å². The lowest BCUT2D eigenvalue weighted by Crippen LogP contribution is -1.91. The summed E-state index contributed by atoms with van der Waals surface area (Å²) in [5.74, 6) is -0.105. The van der Waals surface area contributed by atoms with E-state index in [1.165, 1.54) is 18.3 Å². The monoisotopic (exact) mass is 492 g/mol. The van der Waals surface area contributed by atoms with Gasteiger partial charge in [-0.05, 0) is 59.9 Å². The Morgan fingerprint density at radius 2 is 1.55 bits per heavy atom. The van der Waals surface area contributed by atoms with Gasteiger partial charge in [-0.3, -0.25) is 15.1 Å². The summed E-state index contributed by atoms with van der Waals surface area (Å²) in [4.78, 5) is 14.4. The van der Waals surface area contributed by atoms with Crippen LogP contribution in [0.15, 0.2) is 42.7 Å². The molecule has 0 aliphatic heterocycles. The summed E-state index contributed by atoms with van der Waals surface area (Å²) in [6, 6.07) is 5.56. The van der Waals surface area contributed by atoms with Gasteiger partial charge in [-0.25, -0.2) is 0 Å². The zero-order chi connectivity index (χ0) is 16.4. The standard InChI is InChI=1S/C13H7Br3N2O4/c14-9-2-7(3-10(15)13(9)20)17-5-6-1-8(18(21)22)4-11(16)12(6)19/h1-5,19-20H. The minimum atomic E-state index is -0.560. The van der Waals surface area contributed by atoms with Crippen LogP contribution in [0, 0.1) is 10.1 Å². The van der Waals surface area contributed by atoms with Gasteiger partial charge in [0.15, 0.2) is 0 Å². The van der Waals surface area contributed by atoms with E-state index in [-0.39, 0.29) is 27.2 Å². The number of hydrogen-bond acceptors (Lipinski definition) is 5. The molecule has 0 fully saturated rings. The van der Waals surface area contributed by atoms with Crippen LogP contribution in [0.25, 0.3) is 0 Å². The summed E-state index contributed by atoms with van der Waals surface area (Å²) in [6.45, 7) is 0. The van der Waals surface area contributed by atoms with Crippen molar-refractivity contribution in [2.24, 2.45) is 4.99 Å². The third-order valence-electron chi connectivity index (χ3n) is 2.64. The molecule has 0 spiro atoms. The number of phenols is 2. The molecular formula is C13H7Br3N2O4. The van der Waals surface area contributed by atoms with Crippen LogP contribution >= 0.6 is 47.8 Å². The highest BCUT2D eigenvalue weighted by atomic mass is 79.9. The SMILES string of the molecule is O=[N+]([O-])c1cc(Br)c(O)c(C=Nc2cc(Br)c(O)c(Br)c2)c1. The van der Waals surface area contributed by atoms with Gasteiger partial charge in [0, 0.05) is 23.9 Å². The normalized spacial score (nSPS) is 11.0. The number of rotatable bonds is 3. The minimum Gasteiger partial charge on any atom is -0.506 e. The lowest BCUT2D eigenvalue weighted by molar-refractivity contribution is -0.385. The number of nitro benzene ring substituents is 1. The molecule has 0 heterocycles. The summed E-state index contributed by atoms with van der Waals surface area (Å²) in [7, 11) is 0. The highest BCUT2D eigenvalue weighted by Gasteiger charge is 2.13. The average molecular weight is 495 g/mol. The molecule has 2 aromatic carbocycles. The second-order valence-electron chi connectivity index (χ2n) is 4.14. The Morgan fingerprint density at radius 3 is 2.09 bits per heavy atom. The molecule has 0 amide bonds. The zero-order valence-corrected chi connectivity index (χ0v) is 15.4. The van der Waals surface area contributed by atoms with Crippen molar-refractivity contribution in [2.75, 3.05) is 0 Å². The number of nitro groups is 1. The third kappa shape index (κ3) is 3.65. The number of benzene rings is 2. The first-order valence-electron chi connectivity index (χ1n) is 5.68. The summed E-state index contributed by atoms with van der Waals surface area (Å²) in [6.07, 6.45) is 1.30. The smallest absolute Gasteiger partial charge is 0.271 e. The summed E-state index contributed by atoms with van der Waals surface area (Å²) in [5, 5.41) is 30.4. The molecule has 0 saturated heterocycles. The van der Waals surface area contributed by atoms with E-state index in [1.54, 1.807) is 12.1 Å². The van der Waals surface area contributed by atoms with Gasteiger partial charge >= 0.3 is 0 Å². The lowest BCUT2D eigenvalue weighted by atomic mass is 10.2. The fraction of sp³-hybridized carbons (Fsp3) is 0.